The molecule has 1 aliphatic carbocycles. The fourth-order valence-corrected chi connectivity index (χ4v) is 5.05. The van der Waals surface area contributed by atoms with Crippen molar-refractivity contribution in [2.75, 3.05) is 18.1 Å². The van der Waals surface area contributed by atoms with Gasteiger partial charge in [0.15, 0.2) is 9.84 Å². The molecular formula is C14H23NO4S. The first-order valence-corrected chi connectivity index (χ1v) is 9.50. The summed E-state index contributed by atoms with van der Waals surface area (Å²) >= 11 is 0. The van der Waals surface area contributed by atoms with Crippen LogP contribution in [0.5, 0.6) is 0 Å². The predicted octanol–water partition coefficient (Wildman–Crippen LogP) is 1.12. The molecule has 2 unspecified atom stereocenters. The molecule has 2 saturated heterocycles. The molecule has 1 saturated carbocycles. The molecule has 3 rings (SSSR count). The van der Waals surface area contributed by atoms with Gasteiger partial charge in [0.2, 0.25) is 5.91 Å². The minimum atomic E-state index is -2.93. The van der Waals surface area contributed by atoms with Crippen LogP contribution in [-0.4, -0.2) is 55.5 Å². The Kier molecular flexibility index (Phi) is 4.04. The molecule has 0 aromatic rings. The van der Waals surface area contributed by atoms with Crippen molar-refractivity contribution in [2.45, 2.75) is 63.1 Å². The Morgan fingerprint density at radius 1 is 1.15 bits per heavy atom. The van der Waals surface area contributed by atoms with Crippen LogP contribution < -0.4 is 0 Å². The highest BCUT2D eigenvalue weighted by molar-refractivity contribution is 7.91. The number of carbonyl (C=O) groups excluding carboxylic acids is 1. The quantitative estimate of drug-likeness (QED) is 0.763. The van der Waals surface area contributed by atoms with Crippen molar-refractivity contribution in [1.29, 1.82) is 0 Å². The largest absolute Gasteiger partial charge is 0.378 e. The Morgan fingerprint density at radius 3 is 2.50 bits per heavy atom. The molecule has 0 aromatic carbocycles. The van der Waals surface area contributed by atoms with Crippen LogP contribution in [0.2, 0.25) is 0 Å². The van der Waals surface area contributed by atoms with E-state index in [-0.39, 0.29) is 29.6 Å². The fraction of sp³-hybridized carbons (Fsp3) is 0.929. The molecule has 1 amide bonds. The van der Waals surface area contributed by atoms with E-state index in [0.29, 0.717) is 18.9 Å². The molecular weight excluding hydrogens is 278 g/mol. The number of amides is 1. The maximum atomic E-state index is 12.5. The first-order valence-electron chi connectivity index (χ1n) is 7.68. The van der Waals surface area contributed by atoms with Crippen LogP contribution in [0.25, 0.3) is 0 Å². The first-order chi connectivity index (χ1) is 9.55. The van der Waals surface area contributed by atoms with Gasteiger partial charge in [-0.3, -0.25) is 4.79 Å². The molecule has 0 bridgehead atoms. The summed E-state index contributed by atoms with van der Waals surface area (Å²) in [4.78, 5) is 14.3. The molecule has 114 valence electrons. The van der Waals surface area contributed by atoms with Gasteiger partial charge >= 0.3 is 0 Å². The molecule has 0 spiro atoms. The van der Waals surface area contributed by atoms with E-state index in [1.54, 1.807) is 0 Å². The van der Waals surface area contributed by atoms with Gasteiger partial charge in [-0.25, -0.2) is 8.42 Å². The number of ether oxygens (including phenoxy) is 1. The van der Waals surface area contributed by atoms with Gasteiger partial charge in [-0.15, -0.1) is 0 Å². The van der Waals surface area contributed by atoms with Crippen molar-refractivity contribution in [3.8, 4) is 0 Å². The maximum absolute atomic E-state index is 12.5. The van der Waals surface area contributed by atoms with E-state index >= 15 is 0 Å². The van der Waals surface area contributed by atoms with Crippen LogP contribution in [0, 0.1) is 0 Å². The zero-order chi connectivity index (χ0) is 14.2. The summed E-state index contributed by atoms with van der Waals surface area (Å²) in [6.07, 6.45) is 6.32. The topological polar surface area (TPSA) is 63.7 Å². The molecule has 0 aromatic heterocycles. The highest BCUT2D eigenvalue weighted by Crippen LogP contribution is 2.33. The minimum absolute atomic E-state index is 0.0792. The number of hydrogen-bond acceptors (Lipinski definition) is 4. The second-order valence-corrected chi connectivity index (χ2v) is 8.49. The summed E-state index contributed by atoms with van der Waals surface area (Å²) in [6.45, 7) is 0.812. The van der Waals surface area contributed by atoms with E-state index in [0.717, 1.165) is 38.7 Å². The summed E-state index contributed by atoms with van der Waals surface area (Å²) in [6, 6.07) is 0.217. The summed E-state index contributed by atoms with van der Waals surface area (Å²) in [5.41, 5.74) is 0. The van der Waals surface area contributed by atoms with Crippen molar-refractivity contribution < 1.29 is 17.9 Å². The third-order valence-corrected chi connectivity index (χ3v) is 6.28. The van der Waals surface area contributed by atoms with Crippen molar-refractivity contribution in [1.82, 2.24) is 4.90 Å². The number of rotatable bonds is 5. The van der Waals surface area contributed by atoms with Gasteiger partial charge in [-0.05, 0) is 38.5 Å². The second kappa shape index (κ2) is 5.64. The van der Waals surface area contributed by atoms with Gasteiger partial charge in [0, 0.05) is 25.1 Å². The van der Waals surface area contributed by atoms with Crippen LogP contribution >= 0.6 is 0 Å². The fourth-order valence-electron chi connectivity index (χ4n) is 3.34. The van der Waals surface area contributed by atoms with Crippen molar-refractivity contribution in [2.24, 2.45) is 0 Å². The van der Waals surface area contributed by atoms with E-state index < -0.39 is 9.84 Å². The highest BCUT2D eigenvalue weighted by Gasteiger charge is 2.41. The Balaban J connectivity index is 1.57. The van der Waals surface area contributed by atoms with Gasteiger partial charge in [-0.2, -0.15) is 0 Å². The predicted molar refractivity (Wildman–Crippen MR) is 75.1 cm³/mol. The zero-order valence-electron chi connectivity index (χ0n) is 11.8. The lowest BCUT2D eigenvalue weighted by Gasteiger charge is -2.28. The van der Waals surface area contributed by atoms with Gasteiger partial charge in [0.25, 0.3) is 0 Å². The lowest BCUT2D eigenvalue weighted by molar-refractivity contribution is -0.134. The Morgan fingerprint density at radius 2 is 1.95 bits per heavy atom. The van der Waals surface area contributed by atoms with Gasteiger partial charge in [-0.1, -0.05) is 0 Å². The van der Waals surface area contributed by atoms with E-state index in [1.165, 1.54) is 0 Å². The van der Waals surface area contributed by atoms with E-state index in [1.807, 2.05) is 4.90 Å². The highest BCUT2D eigenvalue weighted by atomic mass is 32.2. The van der Waals surface area contributed by atoms with Crippen molar-refractivity contribution >= 4 is 15.7 Å². The normalized spacial score (nSPS) is 32.4. The summed E-state index contributed by atoms with van der Waals surface area (Å²) in [5, 5.41) is 0. The molecule has 3 aliphatic rings. The van der Waals surface area contributed by atoms with Crippen LogP contribution in [0.1, 0.15) is 44.9 Å². The van der Waals surface area contributed by atoms with E-state index in [2.05, 4.69) is 0 Å². The molecule has 0 radical (unpaired) electrons. The summed E-state index contributed by atoms with van der Waals surface area (Å²) in [7, 11) is -2.93. The Hall–Kier alpha value is -0.620. The molecule has 2 atom stereocenters. The Bertz CT molecular complexity index is 466. The molecule has 2 aliphatic heterocycles. The van der Waals surface area contributed by atoms with Gasteiger partial charge < -0.3 is 9.64 Å². The molecule has 20 heavy (non-hydrogen) atoms. The van der Waals surface area contributed by atoms with Gasteiger partial charge in [0.05, 0.1) is 17.6 Å². The Labute approximate surface area is 120 Å². The zero-order valence-corrected chi connectivity index (χ0v) is 12.6. The van der Waals surface area contributed by atoms with Crippen LogP contribution in [-0.2, 0) is 19.4 Å². The minimum Gasteiger partial charge on any atom is -0.378 e. The molecule has 5 nitrogen and oxygen atoms in total. The monoisotopic (exact) mass is 301 g/mol. The van der Waals surface area contributed by atoms with Gasteiger partial charge in [0.1, 0.15) is 0 Å². The third kappa shape index (κ3) is 3.34. The summed E-state index contributed by atoms with van der Waals surface area (Å²) < 4.78 is 28.8. The number of sulfone groups is 1. The average molecular weight is 301 g/mol. The third-order valence-electron chi connectivity index (χ3n) is 4.53. The maximum Gasteiger partial charge on any atom is 0.223 e. The number of hydrogen-bond donors (Lipinski definition) is 0. The van der Waals surface area contributed by atoms with E-state index in [9.17, 15) is 13.2 Å². The van der Waals surface area contributed by atoms with Crippen molar-refractivity contribution in [3.05, 3.63) is 0 Å². The molecule has 3 fully saturated rings. The lowest BCUT2D eigenvalue weighted by Crippen LogP contribution is -2.42. The standard InChI is InChI=1S/C14H23NO4S/c16-14(6-5-13-2-1-8-19-13)15(11-3-4-11)12-7-9-20(17,18)10-12/h11-13H,1-10H2. The second-order valence-electron chi connectivity index (χ2n) is 6.26. The molecule has 0 N–H and O–H groups in total. The molecule has 2 heterocycles. The van der Waals surface area contributed by atoms with Crippen LogP contribution in [0.4, 0.5) is 0 Å². The van der Waals surface area contributed by atoms with E-state index in [4.69, 9.17) is 4.74 Å². The van der Waals surface area contributed by atoms with Crippen LogP contribution in [0.3, 0.4) is 0 Å². The smallest absolute Gasteiger partial charge is 0.223 e. The molecule has 6 heteroatoms. The number of carbonyl (C=O) groups is 1. The SMILES string of the molecule is O=C(CCC1CCCO1)N(C1CC1)C1CCS(=O)(=O)C1. The summed E-state index contributed by atoms with van der Waals surface area (Å²) in [5.74, 6) is 0.528. The lowest BCUT2D eigenvalue weighted by atomic mass is 10.1. The number of nitrogens with zero attached hydrogens (tertiary/aromatic N) is 1. The van der Waals surface area contributed by atoms with Crippen molar-refractivity contribution in [3.63, 3.8) is 0 Å². The average Bonchev–Trinajstić information content (AvgIpc) is 2.95. The first kappa shape index (κ1) is 14.3. The van der Waals surface area contributed by atoms with Crippen LogP contribution in [0.15, 0.2) is 0 Å².